The van der Waals surface area contributed by atoms with Gasteiger partial charge in [-0.05, 0) is 36.8 Å². The molecule has 2 aromatic rings. The maximum absolute atomic E-state index is 12.1. The van der Waals surface area contributed by atoms with E-state index in [2.05, 4.69) is 10.6 Å². The Balaban J connectivity index is 1.43. The number of aryl methyl sites for hydroxylation is 1. The minimum absolute atomic E-state index is 0.130. The molecule has 0 spiro atoms. The fourth-order valence-electron chi connectivity index (χ4n) is 2.53. The number of thioether (sulfide) groups is 1. The first-order valence-corrected chi connectivity index (χ1v) is 9.02. The third-order valence-corrected chi connectivity index (χ3v) is 5.04. The van der Waals surface area contributed by atoms with Gasteiger partial charge in [0.05, 0.1) is 17.5 Å². The van der Waals surface area contributed by atoms with Crippen molar-refractivity contribution in [2.24, 2.45) is 0 Å². The maximum atomic E-state index is 12.1. The number of benzene rings is 2. The van der Waals surface area contributed by atoms with Gasteiger partial charge in [0.1, 0.15) is 12.4 Å². The van der Waals surface area contributed by atoms with Crippen molar-refractivity contribution in [2.75, 3.05) is 18.5 Å². The van der Waals surface area contributed by atoms with E-state index >= 15 is 0 Å². The van der Waals surface area contributed by atoms with Crippen LogP contribution in [0.1, 0.15) is 12.0 Å². The van der Waals surface area contributed by atoms with Gasteiger partial charge >= 0.3 is 0 Å². The Morgan fingerprint density at radius 1 is 1.24 bits per heavy atom. The molecule has 3 rings (SSSR count). The highest BCUT2D eigenvalue weighted by molar-refractivity contribution is 8.01. The lowest BCUT2D eigenvalue weighted by Crippen LogP contribution is -2.36. The van der Waals surface area contributed by atoms with Gasteiger partial charge in [0.25, 0.3) is 0 Å². The van der Waals surface area contributed by atoms with Crippen molar-refractivity contribution < 1.29 is 14.3 Å². The van der Waals surface area contributed by atoms with Gasteiger partial charge in [0.2, 0.25) is 11.8 Å². The smallest absolute Gasteiger partial charge is 0.238 e. The molecule has 1 aliphatic heterocycles. The van der Waals surface area contributed by atoms with Crippen LogP contribution in [-0.2, 0) is 9.59 Å². The summed E-state index contributed by atoms with van der Waals surface area (Å²) < 4.78 is 5.60. The van der Waals surface area contributed by atoms with E-state index in [1.165, 1.54) is 11.8 Å². The summed E-state index contributed by atoms with van der Waals surface area (Å²) in [6, 6.07) is 15.4. The summed E-state index contributed by atoms with van der Waals surface area (Å²) in [6.07, 6.45) is 0.148. The monoisotopic (exact) mass is 356 g/mol. The zero-order valence-corrected chi connectivity index (χ0v) is 14.8. The molecule has 130 valence electrons. The Bertz CT molecular complexity index is 779. The molecular weight excluding hydrogens is 336 g/mol. The minimum atomic E-state index is -0.410. The molecule has 1 heterocycles. The van der Waals surface area contributed by atoms with E-state index in [0.717, 1.165) is 21.9 Å². The van der Waals surface area contributed by atoms with Gasteiger partial charge in [0, 0.05) is 11.3 Å². The van der Waals surface area contributed by atoms with Crippen LogP contribution in [0.2, 0.25) is 0 Å². The third-order valence-electron chi connectivity index (χ3n) is 3.76. The highest BCUT2D eigenvalue weighted by Crippen LogP contribution is 2.36. The van der Waals surface area contributed by atoms with Crippen LogP contribution < -0.4 is 15.4 Å². The molecule has 2 amide bonds. The van der Waals surface area contributed by atoms with E-state index in [1.807, 2.05) is 55.5 Å². The predicted octanol–water partition coefficient (Wildman–Crippen LogP) is 2.99. The van der Waals surface area contributed by atoms with Crippen LogP contribution in [0, 0.1) is 6.92 Å². The Kier molecular flexibility index (Phi) is 5.60. The van der Waals surface area contributed by atoms with Gasteiger partial charge in [0.15, 0.2) is 0 Å². The number of ether oxygens (including phenoxy) is 1. The van der Waals surface area contributed by atoms with E-state index in [1.54, 1.807) is 0 Å². The number of para-hydroxylation sites is 1. The summed E-state index contributed by atoms with van der Waals surface area (Å²) in [7, 11) is 0. The molecule has 0 saturated carbocycles. The Hall–Kier alpha value is -2.47. The van der Waals surface area contributed by atoms with Crippen molar-refractivity contribution in [1.82, 2.24) is 5.32 Å². The quantitative estimate of drug-likeness (QED) is 0.781. The molecule has 0 fully saturated rings. The Morgan fingerprint density at radius 3 is 2.92 bits per heavy atom. The zero-order valence-electron chi connectivity index (χ0n) is 14.0. The molecule has 0 saturated heterocycles. The molecule has 1 unspecified atom stereocenters. The largest absolute Gasteiger partial charge is 0.492 e. The molecule has 25 heavy (non-hydrogen) atoms. The second-order valence-electron chi connectivity index (χ2n) is 5.81. The van der Waals surface area contributed by atoms with E-state index in [9.17, 15) is 9.59 Å². The van der Waals surface area contributed by atoms with Crippen LogP contribution in [0.3, 0.4) is 0 Å². The predicted molar refractivity (Wildman–Crippen MR) is 99.0 cm³/mol. The van der Waals surface area contributed by atoms with E-state index in [-0.39, 0.29) is 18.2 Å². The fraction of sp³-hybridized carbons (Fsp3) is 0.263. The summed E-state index contributed by atoms with van der Waals surface area (Å²) in [5.74, 6) is 0.503. The molecule has 5 nitrogen and oxygen atoms in total. The zero-order chi connectivity index (χ0) is 17.6. The van der Waals surface area contributed by atoms with Crippen LogP contribution >= 0.6 is 11.8 Å². The van der Waals surface area contributed by atoms with Crippen molar-refractivity contribution in [2.45, 2.75) is 23.5 Å². The Labute approximate surface area is 151 Å². The molecule has 1 aliphatic rings. The van der Waals surface area contributed by atoms with Crippen molar-refractivity contribution in [3.8, 4) is 5.75 Å². The number of carbonyl (C=O) groups excluding carboxylic acids is 2. The molecular formula is C19H20N2O3S. The summed E-state index contributed by atoms with van der Waals surface area (Å²) >= 11 is 1.43. The molecule has 0 aliphatic carbocycles. The lowest BCUT2D eigenvalue weighted by atomic mass is 10.2. The average molecular weight is 356 g/mol. The second kappa shape index (κ2) is 8.07. The lowest BCUT2D eigenvalue weighted by molar-refractivity contribution is -0.124. The molecule has 0 aromatic heterocycles. The second-order valence-corrected chi connectivity index (χ2v) is 7.06. The standard InChI is InChI=1S/C19H20N2O3S/c1-13-5-4-6-14(11-13)24-10-9-20-18(22)12-17-19(23)21-15-7-2-3-8-16(15)25-17/h2-8,11,17H,9-10,12H2,1H3,(H,20,22)(H,21,23). The molecule has 2 N–H and O–H groups in total. The van der Waals surface area contributed by atoms with Crippen molar-refractivity contribution in [3.05, 3.63) is 54.1 Å². The van der Waals surface area contributed by atoms with Gasteiger partial charge in [-0.3, -0.25) is 9.59 Å². The van der Waals surface area contributed by atoms with Crippen LogP contribution in [0.15, 0.2) is 53.4 Å². The number of anilines is 1. The van der Waals surface area contributed by atoms with Crippen molar-refractivity contribution in [3.63, 3.8) is 0 Å². The van der Waals surface area contributed by atoms with Gasteiger partial charge < -0.3 is 15.4 Å². The lowest BCUT2D eigenvalue weighted by Gasteiger charge is -2.23. The SMILES string of the molecule is Cc1cccc(OCCNC(=O)CC2Sc3ccccc3NC2=O)c1. The first-order chi connectivity index (χ1) is 12.1. The Morgan fingerprint density at radius 2 is 2.08 bits per heavy atom. The van der Waals surface area contributed by atoms with Crippen LogP contribution in [0.5, 0.6) is 5.75 Å². The number of fused-ring (bicyclic) bond motifs is 1. The number of carbonyl (C=O) groups is 2. The van der Waals surface area contributed by atoms with Crippen molar-refractivity contribution in [1.29, 1.82) is 0 Å². The van der Waals surface area contributed by atoms with E-state index < -0.39 is 5.25 Å². The van der Waals surface area contributed by atoms with E-state index in [4.69, 9.17) is 4.74 Å². The van der Waals surface area contributed by atoms with Gasteiger partial charge in [-0.15, -0.1) is 11.8 Å². The molecule has 0 radical (unpaired) electrons. The van der Waals surface area contributed by atoms with Crippen LogP contribution in [-0.4, -0.2) is 30.2 Å². The molecule has 2 aromatic carbocycles. The normalized spacial score (nSPS) is 15.9. The number of hydrogen-bond donors (Lipinski definition) is 2. The molecule has 0 bridgehead atoms. The van der Waals surface area contributed by atoms with E-state index in [0.29, 0.717) is 13.2 Å². The number of rotatable bonds is 6. The molecule has 6 heteroatoms. The topological polar surface area (TPSA) is 67.4 Å². The molecule has 1 atom stereocenters. The maximum Gasteiger partial charge on any atom is 0.238 e. The van der Waals surface area contributed by atoms with Gasteiger partial charge in [-0.25, -0.2) is 0 Å². The summed E-state index contributed by atoms with van der Waals surface area (Å²) in [5.41, 5.74) is 1.93. The van der Waals surface area contributed by atoms with Gasteiger partial charge in [-0.1, -0.05) is 24.3 Å². The minimum Gasteiger partial charge on any atom is -0.492 e. The summed E-state index contributed by atoms with van der Waals surface area (Å²) in [4.78, 5) is 25.2. The fourth-order valence-corrected chi connectivity index (χ4v) is 3.64. The number of nitrogens with one attached hydrogen (secondary N) is 2. The third kappa shape index (κ3) is 4.76. The first-order valence-electron chi connectivity index (χ1n) is 8.14. The number of amides is 2. The van der Waals surface area contributed by atoms with Crippen LogP contribution in [0.4, 0.5) is 5.69 Å². The summed E-state index contributed by atoms with van der Waals surface area (Å²) in [5, 5.41) is 5.24. The highest BCUT2D eigenvalue weighted by Gasteiger charge is 2.28. The highest BCUT2D eigenvalue weighted by atomic mass is 32.2. The van der Waals surface area contributed by atoms with Crippen molar-refractivity contribution >= 4 is 29.3 Å². The van der Waals surface area contributed by atoms with Gasteiger partial charge in [-0.2, -0.15) is 0 Å². The van der Waals surface area contributed by atoms with Crippen LogP contribution in [0.25, 0.3) is 0 Å². The first kappa shape index (κ1) is 17.4. The average Bonchev–Trinajstić information content (AvgIpc) is 2.59. The number of hydrogen-bond acceptors (Lipinski definition) is 4. The summed E-state index contributed by atoms with van der Waals surface area (Å²) in [6.45, 7) is 2.80.